The third-order valence-corrected chi connectivity index (χ3v) is 3.29. The second-order valence-electron chi connectivity index (χ2n) is 4.49. The maximum atomic E-state index is 13.8. The van der Waals surface area contributed by atoms with E-state index in [0.717, 1.165) is 5.56 Å². The zero-order chi connectivity index (χ0) is 13.8. The fourth-order valence-corrected chi connectivity index (χ4v) is 1.97. The van der Waals surface area contributed by atoms with E-state index in [4.69, 9.17) is 5.11 Å². The first-order valence-electron chi connectivity index (χ1n) is 6.16. The Bertz CT molecular complexity index is 559. The molecule has 1 aromatic heterocycles. The number of aliphatic hydroxyl groups excluding tert-OH is 1. The van der Waals surface area contributed by atoms with Crippen molar-refractivity contribution in [1.82, 2.24) is 4.98 Å². The SMILES string of the molecule is CC(c1ccccc1F)N(C)c1cc(CO)ccn1. The fourth-order valence-electron chi connectivity index (χ4n) is 1.97. The lowest BCUT2D eigenvalue weighted by Gasteiger charge is -2.26. The van der Waals surface area contributed by atoms with Gasteiger partial charge in [-0.25, -0.2) is 9.37 Å². The van der Waals surface area contributed by atoms with Gasteiger partial charge < -0.3 is 10.0 Å². The zero-order valence-corrected chi connectivity index (χ0v) is 11.0. The Morgan fingerprint density at radius 1 is 1.32 bits per heavy atom. The van der Waals surface area contributed by atoms with Crippen molar-refractivity contribution in [3.8, 4) is 0 Å². The second-order valence-corrected chi connectivity index (χ2v) is 4.49. The summed E-state index contributed by atoms with van der Waals surface area (Å²) in [6.45, 7) is 1.89. The molecule has 0 spiro atoms. The van der Waals surface area contributed by atoms with Crippen LogP contribution >= 0.6 is 0 Å². The van der Waals surface area contributed by atoms with Crippen molar-refractivity contribution in [2.45, 2.75) is 19.6 Å². The molecule has 0 bridgehead atoms. The van der Waals surface area contributed by atoms with Crippen molar-refractivity contribution in [3.05, 3.63) is 59.5 Å². The summed E-state index contributed by atoms with van der Waals surface area (Å²) < 4.78 is 13.8. The molecule has 2 rings (SSSR count). The number of rotatable bonds is 4. The molecule has 0 amide bonds. The van der Waals surface area contributed by atoms with Gasteiger partial charge in [-0.05, 0) is 30.7 Å². The normalized spacial score (nSPS) is 12.2. The Labute approximate surface area is 112 Å². The number of aromatic nitrogens is 1. The van der Waals surface area contributed by atoms with Crippen LogP contribution in [0.25, 0.3) is 0 Å². The largest absolute Gasteiger partial charge is 0.392 e. The highest BCUT2D eigenvalue weighted by Gasteiger charge is 2.16. The summed E-state index contributed by atoms with van der Waals surface area (Å²) in [7, 11) is 1.86. The predicted octanol–water partition coefficient (Wildman–Crippen LogP) is 2.91. The molecule has 1 unspecified atom stereocenters. The topological polar surface area (TPSA) is 36.4 Å². The molecular formula is C15H17FN2O. The number of benzene rings is 1. The van der Waals surface area contributed by atoms with E-state index in [1.165, 1.54) is 6.07 Å². The van der Waals surface area contributed by atoms with E-state index in [9.17, 15) is 4.39 Å². The quantitative estimate of drug-likeness (QED) is 0.918. The Morgan fingerprint density at radius 2 is 2.05 bits per heavy atom. The van der Waals surface area contributed by atoms with Crippen molar-refractivity contribution in [3.63, 3.8) is 0 Å². The van der Waals surface area contributed by atoms with Gasteiger partial charge in [0.25, 0.3) is 0 Å². The van der Waals surface area contributed by atoms with Crippen LogP contribution in [0.15, 0.2) is 42.6 Å². The molecule has 100 valence electrons. The van der Waals surface area contributed by atoms with Crippen LogP contribution in [0.5, 0.6) is 0 Å². The lowest BCUT2D eigenvalue weighted by atomic mass is 10.1. The minimum absolute atomic E-state index is 0.0303. The Balaban J connectivity index is 2.28. The van der Waals surface area contributed by atoms with Gasteiger partial charge in [0.1, 0.15) is 11.6 Å². The summed E-state index contributed by atoms with van der Waals surface area (Å²) in [5.41, 5.74) is 1.42. The molecule has 4 heteroatoms. The van der Waals surface area contributed by atoms with E-state index in [1.54, 1.807) is 30.5 Å². The van der Waals surface area contributed by atoms with Crippen LogP contribution in [-0.2, 0) is 6.61 Å². The second kappa shape index (κ2) is 5.80. The summed E-state index contributed by atoms with van der Waals surface area (Å²) in [6, 6.07) is 10.1. The molecule has 0 aliphatic rings. The molecule has 0 saturated heterocycles. The van der Waals surface area contributed by atoms with Crippen LogP contribution in [0.4, 0.5) is 10.2 Å². The molecule has 0 fully saturated rings. The van der Waals surface area contributed by atoms with Gasteiger partial charge in [-0.3, -0.25) is 0 Å². The summed E-state index contributed by atoms with van der Waals surface area (Å²) in [5, 5.41) is 9.14. The number of anilines is 1. The molecule has 0 saturated carbocycles. The van der Waals surface area contributed by atoms with Crippen molar-refractivity contribution in [1.29, 1.82) is 0 Å². The van der Waals surface area contributed by atoms with Gasteiger partial charge in [-0.15, -0.1) is 0 Å². The number of hydrogen-bond donors (Lipinski definition) is 1. The number of halogens is 1. The highest BCUT2D eigenvalue weighted by molar-refractivity contribution is 5.43. The van der Waals surface area contributed by atoms with E-state index in [-0.39, 0.29) is 18.5 Å². The number of hydrogen-bond acceptors (Lipinski definition) is 3. The maximum Gasteiger partial charge on any atom is 0.129 e. The lowest BCUT2D eigenvalue weighted by Crippen LogP contribution is -2.23. The Morgan fingerprint density at radius 3 is 2.74 bits per heavy atom. The Hall–Kier alpha value is -1.94. The molecule has 19 heavy (non-hydrogen) atoms. The summed E-state index contributed by atoms with van der Waals surface area (Å²) in [5.74, 6) is 0.488. The van der Waals surface area contributed by atoms with E-state index < -0.39 is 0 Å². The van der Waals surface area contributed by atoms with E-state index in [2.05, 4.69) is 4.98 Å². The van der Waals surface area contributed by atoms with E-state index >= 15 is 0 Å². The first kappa shape index (κ1) is 13.5. The highest BCUT2D eigenvalue weighted by atomic mass is 19.1. The van der Waals surface area contributed by atoms with Crippen LogP contribution in [-0.4, -0.2) is 17.1 Å². The molecule has 1 N–H and O–H groups in total. The van der Waals surface area contributed by atoms with Crippen molar-refractivity contribution in [2.75, 3.05) is 11.9 Å². The van der Waals surface area contributed by atoms with Crippen LogP contribution in [0.2, 0.25) is 0 Å². The van der Waals surface area contributed by atoms with Crippen molar-refractivity contribution >= 4 is 5.82 Å². The van der Waals surface area contributed by atoms with Gasteiger partial charge in [0.05, 0.1) is 12.6 Å². The molecule has 2 aromatic rings. The minimum Gasteiger partial charge on any atom is -0.392 e. The number of nitrogens with zero attached hydrogens (tertiary/aromatic N) is 2. The molecule has 0 radical (unpaired) electrons. The monoisotopic (exact) mass is 260 g/mol. The first-order valence-corrected chi connectivity index (χ1v) is 6.16. The molecule has 0 aliphatic carbocycles. The molecule has 1 aromatic carbocycles. The molecule has 0 aliphatic heterocycles. The van der Waals surface area contributed by atoms with Crippen LogP contribution in [0.1, 0.15) is 24.1 Å². The van der Waals surface area contributed by atoms with Crippen LogP contribution in [0, 0.1) is 5.82 Å². The van der Waals surface area contributed by atoms with Crippen molar-refractivity contribution < 1.29 is 9.50 Å². The van der Waals surface area contributed by atoms with E-state index in [1.807, 2.05) is 24.9 Å². The molecular weight excluding hydrogens is 243 g/mol. The summed E-state index contributed by atoms with van der Waals surface area (Å²) in [4.78, 5) is 6.14. The maximum absolute atomic E-state index is 13.8. The predicted molar refractivity (Wildman–Crippen MR) is 73.4 cm³/mol. The third kappa shape index (κ3) is 2.90. The summed E-state index contributed by atoms with van der Waals surface area (Å²) in [6.07, 6.45) is 1.64. The van der Waals surface area contributed by atoms with Gasteiger partial charge >= 0.3 is 0 Å². The van der Waals surface area contributed by atoms with E-state index in [0.29, 0.717) is 11.4 Å². The summed E-state index contributed by atoms with van der Waals surface area (Å²) >= 11 is 0. The highest BCUT2D eigenvalue weighted by Crippen LogP contribution is 2.25. The average molecular weight is 260 g/mol. The minimum atomic E-state index is -0.222. The van der Waals surface area contributed by atoms with Gasteiger partial charge in [-0.1, -0.05) is 18.2 Å². The first-order chi connectivity index (χ1) is 9.13. The standard InChI is InChI=1S/C15H17FN2O/c1-11(13-5-3-4-6-14(13)16)18(2)15-9-12(10-19)7-8-17-15/h3-9,11,19H,10H2,1-2H3. The smallest absolute Gasteiger partial charge is 0.129 e. The fraction of sp³-hybridized carbons (Fsp3) is 0.267. The van der Waals surface area contributed by atoms with Gasteiger partial charge in [-0.2, -0.15) is 0 Å². The van der Waals surface area contributed by atoms with Crippen molar-refractivity contribution in [2.24, 2.45) is 0 Å². The third-order valence-electron chi connectivity index (χ3n) is 3.29. The molecule has 1 atom stereocenters. The molecule has 1 heterocycles. The Kier molecular flexibility index (Phi) is 4.12. The van der Waals surface area contributed by atoms with Crippen LogP contribution < -0.4 is 4.90 Å². The number of pyridine rings is 1. The lowest BCUT2D eigenvalue weighted by molar-refractivity contribution is 0.281. The average Bonchev–Trinajstić information content (AvgIpc) is 2.46. The van der Waals surface area contributed by atoms with Gasteiger partial charge in [0, 0.05) is 18.8 Å². The van der Waals surface area contributed by atoms with Gasteiger partial charge in [0.15, 0.2) is 0 Å². The molecule has 3 nitrogen and oxygen atoms in total. The zero-order valence-electron chi connectivity index (χ0n) is 11.0. The number of aliphatic hydroxyl groups is 1. The van der Waals surface area contributed by atoms with Crippen LogP contribution in [0.3, 0.4) is 0 Å². The van der Waals surface area contributed by atoms with Gasteiger partial charge in [0.2, 0.25) is 0 Å².